The smallest absolute Gasteiger partial charge is 0.261 e. The molecule has 2 heterocycles. The zero-order valence-corrected chi connectivity index (χ0v) is 18.3. The van der Waals surface area contributed by atoms with Crippen LogP contribution in [-0.4, -0.2) is 27.0 Å². The van der Waals surface area contributed by atoms with Crippen LogP contribution in [0.25, 0.3) is 22.8 Å². The monoisotopic (exact) mass is 408 g/mol. The minimum absolute atomic E-state index is 0.429. The van der Waals surface area contributed by atoms with Gasteiger partial charge in [0.1, 0.15) is 0 Å². The second-order valence-corrected chi connectivity index (χ2v) is 8.73. The van der Waals surface area contributed by atoms with Crippen LogP contribution in [0.3, 0.4) is 0 Å². The first kappa shape index (κ1) is 20.8. The molecular formula is C24H32N4O2. The molecule has 3 aromatic rings. The Morgan fingerprint density at radius 2 is 1.90 bits per heavy atom. The lowest BCUT2D eigenvalue weighted by Crippen LogP contribution is -2.17. The van der Waals surface area contributed by atoms with Crippen LogP contribution in [0.15, 0.2) is 35.0 Å². The van der Waals surface area contributed by atoms with E-state index in [1.54, 1.807) is 7.11 Å². The van der Waals surface area contributed by atoms with E-state index in [1.807, 2.05) is 6.20 Å². The molecule has 2 aromatic heterocycles. The molecule has 6 heteroatoms. The Hall–Kier alpha value is -2.47. The van der Waals surface area contributed by atoms with Crippen LogP contribution in [0, 0.1) is 5.92 Å². The molecule has 30 heavy (non-hydrogen) atoms. The van der Waals surface area contributed by atoms with E-state index in [4.69, 9.17) is 9.26 Å². The lowest BCUT2D eigenvalue weighted by atomic mass is 9.95. The molecule has 1 aliphatic rings. The SMILES string of the molecule is COCc1c(-c2nc(-c3ccc(CCC(C)C)cc3)no2)cnn1C1CCCCC1. The Morgan fingerprint density at radius 1 is 1.13 bits per heavy atom. The van der Waals surface area contributed by atoms with Crippen molar-refractivity contribution in [2.75, 3.05) is 7.11 Å². The molecular weight excluding hydrogens is 376 g/mol. The molecule has 6 nitrogen and oxygen atoms in total. The first-order valence-corrected chi connectivity index (χ1v) is 11.1. The van der Waals surface area contributed by atoms with Gasteiger partial charge in [0.25, 0.3) is 5.89 Å². The predicted molar refractivity (Wildman–Crippen MR) is 117 cm³/mol. The van der Waals surface area contributed by atoms with Gasteiger partial charge in [0.2, 0.25) is 5.82 Å². The van der Waals surface area contributed by atoms with Gasteiger partial charge in [-0.3, -0.25) is 4.68 Å². The molecule has 0 saturated heterocycles. The topological polar surface area (TPSA) is 66.0 Å². The van der Waals surface area contributed by atoms with Gasteiger partial charge in [-0.2, -0.15) is 10.1 Å². The summed E-state index contributed by atoms with van der Waals surface area (Å²) in [5, 5.41) is 8.90. The number of benzene rings is 1. The van der Waals surface area contributed by atoms with Crippen LogP contribution in [0.4, 0.5) is 0 Å². The molecule has 0 spiro atoms. The number of ether oxygens (including phenoxy) is 1. The fourth-order valence-corrected chi connectivity index (χ4v) is 4.21. The maximum Gasteiger partial charge on any atom is 0.261 e. The Labute approximate surface area is 178 Å². The lowest BCUT2D eigenvalue weighted by molar-refractivity contribution is 0.171. The van der Waals surface area contributed by atoms with E-state index < -0.39 is 0 Å². The maximum absolute atomic E-state index is 5.63. The fourth-order valence-electron chi connectivity index (χ4n) is 4.21. The second kappa shape index (κ2) is 9.56. The summed E-state index contributed by atoms with van der Waals surface area (Å²) in [6.45, 7) is 4.99. The van der Waals surface area contributed by atoms with Gasteiger partial charge in [0, 0.05) is 12.7 Å². The highest BCUT2D eigenvalue weighted by Gasteiger charge is 2.24. The summed E-state index contributed by atoms with van der Waals surface area (Å²) >= 11 is 0. The number of hydrogen-bond acceptors (Lipinski definition) is 5. The highest BCUT2D eigenvalue weighted by Crippen LogP contribution is 2.33. The number of methoxy groups -OCH3 is 1. The Morgan fingerprint density at radius 3 is 2.60 bits per heavy atom. The number of aromatic nitrogens is 4. The molecule has 1 fully saturated rings. The van der Waals surface area contributed by atoms with Gasteiger partial charge in [-0.1, -0.05) is 62.5 Å². The van der Waals surface area contributed by atoms with Crippen molar-refractivity contribution in [1.82, 2.24) is 19.9 Å². The number of nitrogens with zero attached hydrogens (tertiary/aromatic N) is 4. The van der Waals surface area contributed by atoms with Crippen molar-refractivity contribution >= 4 is 0 Å². The molecule has 0 aliphatic heterocycles. The van der Waals surface area contributed by atoms with E-state index in [-0.39, 0.29) is 0 Å². The van der Waals surface area contributed by atoms with E-state index >= 15 is 0 Å². The van der Waals surface area contributed by atoms with Crippen LogP contribution in [0.5, 0.6) is 0 Å². The first-order valence-electron chi connectivity index (χ1n) is 11.1. The predicted octanol–water partition coefficient (Wildman–Crippen LogP) is 5.84. The van der Waals surface area contributed by atoms with E-state index in [0.717, 1.165) is 36.1 Å². The van der Waals surface area contributed by atoms with Crippen LogP contribution >= 0.6 is 0 Å². The third kappa shape index (κ3) is 4.64. The van der Waals surface area contributed by atoms with E-state index in [0.29, 0.717) is 30.3 Å². The molecule has 1 saturated carbocycles. The van der Waals surface area contributed by atoms with Crippen molar-refractivity contribution in [2.24, 2.45) is 5.92 Å². The number of aryl methyl sites for hydroxylation is 1. The Kier molecular flexibility index (Phi) is 6.62. The van der Waals surface area contributed by atoms with Crippen molar-refractivity contribution in [3.8, 4) is 22.8 Å². The van der Waals surface area contributed by atoms with Gasteiger partial charge >= 0.3 is 0 Å². The summed E-state index contributed by atoms with van der Waals surface area (Å²) in [6.07, 6.45) is 10.3. The van der Waals surface area contributed by atoms with Gasteiger partial charge in [-0.15, -0.1) is 0 Å². The number of rotatable bonds is 8. The van der Waals surface area contributed by atoms with Gasteiger partial charge in [-0.05, 0) is 37.2 Å². The van der Waals surface area contributed by atoms with Crippen LogP contribution in [-0.2, 0) is 17.8 Å². The van der Waals surface area contributed by atoms with Gasteiger partial charge < -0.3 is 9.26 Å². The van der Waals surface area contributed by atoms with Crippen molar-refractivity contribution in [3.63, 3.8) is 0 Å². The van der Waals surface area contributed by atoms with Crippen LogP contribution in [0.1, 0.15) is 69.7 Å². The van der Waals surface area contributed by atoms with E-state index in [1.165, 1.54) is 31.2 Å². The standard InChI is InChI=1S/C24H32N4O2/c1-17(2)9-10-18-11-13-19(14-12-18)23-26-24(30-27-23)21-15-25-28(22(21)16-29-3)20-7-5-4-6-8-20/h11-15,17,20H,4-10,16H2,1-3H3. The molecule has 0 N–H and O–H groups in total. The minimum atomic E-state index is 0.429. The summed E-state index contributed by atoms with van der Waals surface area (Å²) in [5.41, 5.74) is 4.19. The molecule has 4 rings (SSSR count). The lowest BCUT2D eigenvalue weighted by Gasteiger charge is -2.24. The highest BCUT2D eigenvalue weighted by molar-refractivity contribution is 5.61. The Bertz CT molecular complexity index is 937. The average Bonchev–Trinajstić information content (AvgIpc) is 3.41. The Balaban J connectivity index is 1.55. The molecule has 160 valence electrons. The summed E-state index contributed by atoms with van der Waals surface area (Å²) in [7, 11) is 1.71. The van der Waals surface area contributed by atoms with Gasteiger partial charge in [0.15, 0.2) is 0 Å². The largest absolute Gasteiger partial charge is 0.378 e. The molecule has 0 atom stereocenters. The summed E-state index contributed by atoms with van der Waals surface area (Å²) in [6, 6.07) is 8.90. The van der Waals surface area contributed by atoms with Gasteiger partial charge in [0.05, 0.1) is 30.1 Å². The normalized spacial score (nSPS) is 15.2. The summed E-state index contributed by atoms with van der Waals surface area (Å²) < 4.78 is 13.2. The highest BCUT2D eigenvalue weighted by atomic mass is 16.5. The van der Waals surface area contributed by atoms with E-state index in [2.05, 4.69) is 58.0 Å². The van der Waals surface area contributed by atoms with Gasteiger partial charge in [-0.25, -0.2) is 0 Å². The maximum atomic E-state index is 5.63. The van der Waals surface area contributed by atoms with Crippen LogP contribution in [0.2, 0.25) is 0 Å². The van der Waals surface area contributed by atoms with Crippen molar-refractivity contribution in [1.29, 1.82) is 0 Å². The van der Waals surface area contributed by atoms with Crippen molar-refractivity contribution in [2.45, 2.75) is 71.4 Å². The molecule has 0 radical (unpaired) electrons. The summed E-state index contributed by atoms with van der Waals surface area (Å²) in [4.78, 5) is 4.67. The fraction of sp³-hybridized carbons (Fsp3) is 0.542. The molecule has 1 aromatic carbocycles. The second-order valence-electron chi connectivity index (χ2n) is 8.73. The van der Waals surface area contributed by atoms with Crippen molar-refractivity contribution < 1.29 is 9.26 Å². The third-order valence-corrected chi connectivity index (χ3v) is 5.98. The zero-order valence-electron chi connectivity index (χ0n) is 18.3. The molecule has 1 aliphatic carbocycles. The quantitative estimate of drug-likeness (QED) is 0.468. The molecule has 0 bridgehead atoms. The first-order chi connectivity index (χ1) is 14.7. The van der Waals surface area contributed by atoms with Crippen LogP contribution < -0.4 is 0 Å². The zero-order chi connectivity index (χ0) is 20.9. The number of hydrogen-bond donors (Lipinski definition) is 0. The molecule has 0 amide bonds. The molecule has 0 unspecified atom stereocenters. The minimum Gasteiger partial charge on any atom is -0.378 e. The average molecular weight is 409 g/mol. The summed E-state index contributed by atoms with van der Waals surface area (Å²) in [5.74, 6) is 1.82. The van der Waals surface area contributed by atoms with E-state index in [9.17, 15) is 0 Å². The van der Waals surface area contributed by atoms with Crippen molar-refractivity contribution in [3.05, 3.63) is 41.7 Å². The third-order valence-electron chi connectivity index (χ3n) is 5.98.